The van der Waals surface area contributed by atoms with Crippen molar-refractivity contribution in [2.24, 2.45) is 0 Å². The van der Waals surface area contributed by atoms with Gasteiger partial charge >= 0.3 is 0 Å². The number of hydrogen-bond acceptors (Lipinski definition) is 2. The Bertz CT molecular complexity index is 757. The number of benzene rings is 2. The number of para-hydroxylation sites is 1. The molecule has 0 bridgehead atoms. The van der Waals surface area contributed by atoms with Crippen LogP contribution in [0.25, 0.3) is 11.0 Å². The van der Waals surface area contributed by atoms with Crippen LogP contribution in [0.5, 0.6) is 0 Å². The maximum absolute atomic E-state index is 6.16. The number of furan rings is 1. The van der Waals surface area contributed by atoms with Gasteiger partial charge in [-0.2, -0.15) is 0 Å². The molecule has 0 spiro atoms. The first-order valence-electron chi connectivity index (χ1n) is 7.48. The van der Waals surface area contributed by atoms with Crippen LogP contribution in [-0.2, 0) is 0 Å². The minimum absolute atomic E-state index is 0.1000. The van der Waals surface area contributed by atoms with E-state index in [0.717, 1.165) is 17.9 Å². The Morgan fingerprint density at radius 1 is 1.00 bits per heavy atom. The summed E-state index contributed by atoms with van der Waals surface area (Å²) in [6.07, 6.45) is 0. The zero-order valence-corrected chi connectivity index (χ0v) is 12.8. The SMILES string of the molecule is CCNC(c1cc2cccc(C)c2o1)c1ccccc1C. The molecule has 0 radical (unpaired) electrons. The Morgan fingerprint density at radius 2 is 1.76 bits per heavy atom. The topological polar surface area (TPSA) is 25.2 Å². The third kappa shape index (κ3) is 2.59. The van der Waals surface area contributed by atoms with Gasteiger partial charge in [-0.25, -0.2) is 0 Å². The van der Waals surface area contributed by atoms with E-state index in [1.165, 1.54) is 22.1 Å². The third-order valence-electron chi connectivity index (χ3n) is 3.95. The van der Waals surface area contributed by atoms with Crippen LogP contribution < -0.4 is 5.32 Å². The summed E-state index contributed by atoms with van der Waals surface area (Å²) in [6, 6.07) is 17.0. The molecule has 0 fully saturated rings. The molecule has 0 aliphatic rings. The van der Waals surface area contributed by atoms with Gasteiger partial charge in [0.15, 0.2) is 0 Å². The van der Waals surface area contributed by atoms with E-state index in [4.69, 9.17) is 4.42 Å². The third-order valence-corrected chi connectivity index (χ3v) is 3.95. The van der Waals surface area contributed by atoms with Crippen molar-refractivity contribution in [2.45, 2.75) is 26.8 Å². The second-order valence-corrected chi connectivity index (χ2v) is 5.49. The molecule has 1 aromatic heterocycles. The molecule has 0 saturated heterocycles. The van der Waals surface area contributed by atoms with E-state index in [2.05, 4.69) is 74.6 Å². The fraction of sp³-hybridized carbons (Fsp3) is 0.263. The smallest absolute Gasteiger partial charge is 0.137 e. The summed E-state index contributed by atoms with van der Waals surface area (Å²) in [5.74, 6) is 0.982. The van der Waals surface area contributed by atoms with Gasteiger partial charge < -0.3 is 9.73 Å². The Morgan fingerprint density at radius 3 is 2.48 bits per heavy atom. The largest absolute Gasteiger partial charge is 0.459 e. The maximum Gasteiger partial charge on any atom is 0.137 e. The van der Waals surface area contributed by atoms with Crippen LogP contribution in [0.1, 0.15) is 35.4 Å². The Hall–Kier alpha value is -2.06. The van der Waals surface area contributed by atoms with Gasteiger partial charge in [-0.3, -0.25) is 0 Å². The summed E-state index contributed by atoms with van der Waals surface area (Å²) in [7, 11) is 0. The van der Waals surface area contributed by atoms with Crippen molar-refractivity contribution in [3.05, 3.63) is 71.0 Å². The first kappa shape index (κ1) is 13.9. The van der Waals surface area contributed by atoms with Crippen molar-refractivity contribution in [1.29, 1.82) is 0 Å². The second kappa shape index (κ2) is 5.74. The van der Waals surface area contributed by atoms with Crippen molar-refractivity contribution >= 4 is 11.0 Å². The zero-order valence-electron chi connectivity index (χ0n) is 12.8. The second-order valence-electron chi connectivity index (χ2n) is 5.49. The van der Waals surface area contributed by atoms with Crippen LogP contribution in [0.15, 0.2) is 52.9 Å². The van der Waals surface area contributed by atoms with Crippen molar-refractivity contribution in [3.8, 4) is 0 Å². The lowest BCUT2D eigenvalue weighted by atomic mass is 9.99. The van der Waals surface area contributed by atoms with Crippen LogP contribution in [0.2, 0.25) is 0 Å². The van der Waals surface area contributed by atoms with Crippen molar-refractivity contribution in [3.63, 3.8) is 0 Å². The predicted molar refractivity (Wildman–Crippen MR) is 87.6 cm³/mol. The van der Waals surface area contributed by atoms with Crippen molar-refractivity contribution < 1.29 is 4.42 Å². The minimum Gasteiger partial charge on any atom is -0.459 e. The summed E-state index contributed by atoms with van der Waals surface area (Å²) in [4.78, 5) is 0. The Kier molecular flexibility index (Phi) is 3.80. The molecule has 0 aliphatic heterocycles. The molecule has 1 N–H and O–H groups in total. The molecule has 3 rings (SSSR count). The normalized spacial score (nSPS) is 12.7. The molecule has 2 aromatic carbocycles. The molecule has 21 heavy (non-hydrogen) atoms. The van der Waals surface area contributed by atoms with Gasteiger partial charge in [0.1, 0.15) is 11.3 Å². The van der Waals surface area contributed by atoms with E-state index in [0.29, 0.717) is 0 Å². The number of hydrogen-bond donors (Lipinski definition) is 1. The van der Waals surface area contributed by atoms with Crippen LogP contribution in [0, 0.1) is 13.8 Å². The molecule has 1 atom stereocenters. The average Bonchev–Trinajstić information content (AvgIpc) is 2.91. The highest BCUT2D eigenvalue weighted by Crippen LogP contribution is 2.31. The minimum atomic E-state index is 0.1000. The molecule has 0 aliphatic carbocycles. The van der Waals surface area contributed by atoms with Gasteiger partial charge in [0.25, 0.3) is 0 Å². The number of rotatable bonds is 4. The van der Waals surface area contributed by atoms with E-state index < -0.39 is 0 Å². The maximum atomic E-state index is 6.16. The van der Waals surface area contributed by atoms with E-state index >= 15 is 0 Å². The lowest BCUT2D eigenvalue weighted by Crippen LogP contribution is -2.22. The summed E-state index contributed by atoms with van der Waals surface area (Å²) in [5.41, 5.74) is 4.72. The highest BCUT2D eigenvalue weighted by molar-refractivity contribution is 5.81. The summed E-state index contributed by atoms with van der Waals surface area (Å²) < 4.78 is 6.16. The number of fused-ring (bicyclic) bond motifs is 1. The first-order valence-corrected chi connectivity index (χ1v) is 7.48. The molecule has 1 unspecified atom stereocenters. The van der Waals surface area contributed by atoms with Gasteiger partial charge in [0, 0.05) is 5.39 Å². The lowest BCUT2D eigenvalue weighted by Gasteiger charge is -2.18. The van der Waals surface area contributed by atoms with Gasteiger partial charge in [0.2, 0.25) is 0 Å². The molecule has 2 nitrogen and oxygen atoms in total. The fourth-order valence-corrected chi connectivity index (χ4v) is 2.85. The van der Waals surface area contributed by atoms with Crippen molar-refractivity contribution in [1.82, 2.24) is 5.32 Å². The summed E-state index contributed by atoms with van der Waals surface area (Å²) in [6.45, 7) is 7.26. The standard InChI is InChI=1S/C19H21NO/c1-4-20-18(16-11-6-5-8-13(16)2)17-12-15-10-7-9-14(3)19(15)21-17/h5-12,18,20H,4H2,1-3H3. The van der Waals surface area contributed by atoms with E-state index in [-0.39, 0.29) is 6.04 Å². The van der Waals surface area contributed by atoms with Gasteiger partial charge in [-0.1, -0.05) is 49.4 Å². The Balaban J connectivity index is 2.11. The van der Waals surface area contributed by atoms with E-state index in [9.17, 15) is 0 Å². The van der Waals surface area contributed by atoms with Gasteiger partial charge in [0.05, 0.1) is 6.04 Å². The average molecular weight is 279 g/mol. The van der Waals surface area contributed by atoms with Crippen LogP contribution in [-0.4, -0.2) is 6.54 Å². The summed E-state index contributed by atoms with van der Waals surface area (Å²) >= 11 is 0. The fourth-order valence-electron chi connectivity index (χ4n) is 2.85. The van der Waals surface area contributed by atoms with Gasteiger partial charge in [-0.05, 0) is 43.1 Å². The molecule has 108 valence electrons. The highest BCUT2D eigenvalue weighted by atomic mass is 16.3. The molecule has 2 heteroatoms. The van der Waals surface area contributed by atoms with Crippen molar-refractivity contribution in [2.75, 3.05) is 6.54 Å². The predicted octanol–water partition coefficient (Wildman–Crippen LogP) is 4.75. The summed E-state index contributed by atoms with van der Waals surface area (Å²) in [5, 5.41) is 4.71. The molecule has 1 heterocycles. The number of nitrogens with one attached hydrogen (secondary N) is 1. The van der Waals surface area contributed by atoms with Gasteiger partial charge in [-0.15, -0.1) is 0 Å². The quantitative estimate of drug-likeness (QED) is 0.745. The monoisotopic (exact) mass is 279 g/mol. The molecule has 0 amide bonds. The van der Waals surface area contributed by atoms with E-state index in [1.807, 2.05) is 0 Å². The van der Waals surface area contributed by atoms with Crippen LogP contribution >= 0.6 is 0 Å². The van der Waals surface area contributed by atoms with E-state index in [1.54, 1.807) is 0 Å². The molecular weight excluding hydrogens is 258 g/mol. The van der Waals surface area contributed by atoms with Crippen LogP contribution in [0.3, 0.4) is 0 Å². The lowest BCUT2D eigenvalue weighted by molar-refractivity contribution is 0.475. The molecule has 0 saturated carbocycles. The molecule has 3 aromatic rings. The van der Waals surface area contributed by atoms with Crippen LogP contribution in [0.4, 0.5) is 0 Å². The first-order chi connectivity index (χ1) is 10.2. The molecular formula is C19H21NO. The highest BCUT2D eigenvalue weighted by Gasteiger charge is 2.19. The Labute approximate surface area is 125 Å². The zero-order chi connectivity index (χ0) is 14.8. The number of aryl methyl sites for hydroxylation is 2.